The van der Waals surface area contributed by atoms with E-state index >= 15 is 0 Å². The van der Waals surface area contributed by atoms with Crippen molar-refractivity contribution in [1.82, 2.24) is 24.9 Å². The van der Waals surface area contributed by atoms with Gasteiger partial charge in [0.2, 0.25) is 0 Å². The molecule has 0 saturated heterocycles. The summed E-state index contributed by atoms with van der Waals surface area (Å²) in [5.41, 5.74) is 9.31. The smallest absolute Gasteiger partial charge is 0.258 e. The van der Waals surface area contributed by atoms with Gasteiger partial charge in [-0.25, -0.2) is 4.98 Å². The van der Waals surface area contributed by atoms with Crippen LogP contribution in [0.25, 0.3) is 33.1 Å². The molecule has 1 aliphatic rings. The third kappa shape index (κ3) is 2.22. The van der Waals surface area contributed by atoms with Gasteiger partial charge in [0.25, 0.3) is 5.89 Å². The molecular weight excluding hydrogens is 348 g/mol. The first-order valence-corrected chi connectivity index (χ1v) is 9.45. The Morgan fingerprint density at radius 2 is 2.15 bits per heavy atom. The lowest BCUT2D eigenvalue weighted by Crippen LogP contribution is -2.44. The van der Waals surface area contributed by atoms with Crippen LogP contribution < -0.4 is 5.73 Å². The van der Waals surface area contributed by atoms with Crippen molar-refractivity contribution in [2.24, 2.45) is 12.8 Å². The second-order valence-corrected chi connectivity index (χ2v) is 7.82. The molecule has 8 heteroatoms. The topological polar surface area (TPSA) is 95.7 Å². The van der Waals surface area contributed by atoms with Crippen LogP contribution in [0.1, 0.15) is 30.8 Å². The minimum absolute atomic E-state index is 0.450. The summed E-state index contributed by atoms with van der Waals surface area (Å²) in [6, 6.07) is 6.07. The van der Waals surface area contributed by atoms with Gasteiger partial charge in [-0.2, -0.15) is 10.1 Å². The lowest BCUT2D eigenvalue weighted by Gasteiger charge is -2.34. The third-order valence-corrected chi connectivity index (χ3v) is 5.98. The predicted octanol–water partition coefficient (Wildman–Crippen LogP) is 3.39. The molecular formula is C18H18N6OS. The number of nitrogens with zero attached hydrogens (tertiary/aromatic N) is 5. The Balaban J connectivity index is 1.73. The number of rotatable bonds is 3. The summed E-state index contributed by atoms with van der Waals surface area (Å²) >= 11 is 1.64. The van der Waals surface area contributed by atoms with E-state index in [1.165, 1.54) is 0 Å². The molecule has 7 nitrogen and oxygen atoms in total. The van der Waals surface area contributed by atoms with E-state index in [2.05, 4.69) is 15.2 Å². The fourth-order valence-corrected chi connectivity index (χ4v) is 4.17. The van der Waals surface area contributed by atoms with Gasteiger partial charge in [-0.1, -0.05) is 11.2 Å². The second kappa shape index (κ2) is 5.46. The van der Waals surface area contributed by atoms with E-state index in [4.69, 9.17) is 15.2 Å². The maximum atomic E-state index is 6.36. The molecule has 4 heterocycles. The molecule has 1 saturated carbocycles. The van der Waals surface area contributed by atoms with Crippen LogP contribution in [0.5, 0.6) is 0 Å². The molecule has 0 bridgehead atoms. The number of thiophene rings is 1. The molecule has 1 fully saturated rings. The number of hydrogen-bond donors (Lipinski definition) is 1. The number of nitrogens with two attached hydrogens (primary N) is 1. The molecule has 0 radical (unpaired) electrons. The zero-order valence-electron chi connectivity index (χ0n) is 14.6. The average Bonchev–Trinajstić information content (AvgIpc) is 3.33. The molecule has 1 aliphatic carbocycles. The van der Waals surface area contributed by atoms with E-state index < -0.39 is 5.54 Å². The van der Waals surface area contributed by atoms with Crippen LogP contribution in [0, 0.1) is 6.92 Å². The molecule has 4 aromatic heterocycles. The summed E-state index contributed by atoms with van der Waals surface area (Å²) in [6.07, 6.45) is 2.89. The van der Waals surface area contributed by atoms with E-state index in [1.807, 2.05) is 37.6 Å². The van der Waals surface area contributed by atoms with Crippen LogP contribution in [0.4, 0.5) is 0 Å². The van der Waals surface area contributed by atoms with Crippen molar-refractivity contribution >= 4 is 22.4 Å². The fraction of sp³-hybridized carbons (Fsp3) is 0.333. The molecule has 0 aromatic carbocycles. The minimum atomic E-state index is -0.450. The SMILES string of the molecule is Cc1nn(C)c2nc(-c3cccs3)cc(-c3nc(C4(N)CCC4)no3)c12. The van der Waals surface area contributed by atoms with Gasteiger partial charge in [-0.3, -0.25) is 4.68 Å². The van der Waals surface area contributed by atoms with Crippen molar-refractivity contribution in [1.29, 1.82) is 0 Å². The highest BCUT2D eigenvalue weighted by atomic mass is 32.1. The normalized spacial score (nSPS) is 16.1. The van der Waals surface area contributed by atoms with E-state index in [9.17, 15) is 0 Å². The molecule has 26 heavy (non-hydrogen) atoms. The van der Waals surface area contributed by atoms with Crippen molar-refractivity contribution in [2.75, 3.05) is 0 Å². The maximum absolute atomic E-state index is 6.36. The summed E-state index contributed by atoms with van der Waals surface area (Å²) in [4.78, 5) is 10.5. The van der Waals surface area contributed by atoms with Gasteiger partial charge in [-0.15, -0.1) is 11.3 Å². The Bertz CT molecular complexity index is 1110. The molecule has 0 atom stereocenters. The monoisotopic (exact) mass is 366 g/mol. The Kier molecular flexibility index (Phi) is 3.29. The van der Waals surface area contributed by atoms with Crippen LogP contribution in [0.3, 0.4) is 0 Å². The second-order valence-electron chi connectivity index (χ2n) is 6.87. The van der Waals surface area contributed by atoms with E-state index in [0.29, 0.717) is 11.7 Å². The van der Waals surface area contributed by atoms with Crippen LogP contribution in [-0.4, -0.2) is 24.9 Å². The largest absolute Gasteiger partial charge is 0.334 e. The summed E-state index contributed by atoms with van der Waals surface area (Å²) in [7, 11) is 1.90. The summed E-state index contributed by atoms with van der Waals surface area (Å²) in [5.74, 6) is 1.06. The lowest BCUT2D eigenvalue weighted by atomic mass is 9.77. The molecule has 0 amide bonds. The van der Waals surface area contributed by atoms with Crippen molar-refractivity contribution in [2.45, 2.75) is 31.7 Å². The molecule has 0 aliphatic heterocycles. The van der Waals surface area contributed by atoms with Crippen LogP contribution >= 0.6 is 11.3 Å². The minimum Gasteiger partial charge on any atom is -0.334 e. The molecule has 0 unspecified atom stereocenters. The van der Waals surface area contributed by atoms with Gasteiger partial charge < -0.3 is 10.3 Å². The highest BCUT2D eigenvalue weighted by Crippen LogP contribution is 2.39. The number of hydrogen-bond acceptors (Lipinski definition) is 7. The first-order valence-electron chi connectivity index (χ1n) is 8.57. The summed E-state index contributed by atoms with van der Waals surface area (Å²) < 4.78 is 7.41. The lowest BCUT2D eigenvalue weighted by molar-refractivity contribution is 0.229. The Hall–Kier alpha value is -2.58. The molecule has 132 valence electrons. The van der Waals surface area contributed by atoms with Crippen molar-refractivity contribution in [3.8, 4) is 22.0 Å². The zero-order valence-corrected chi connectivity index (χ0v) is 15.4. The van der Waals surface area contributed by atoms with E-state index in [1.54, 1.807) is 16.0 Å². The Labute approximate surface area is 153 Å². The molecule has 0 spiro atoms. The van der Waals surface area contributed by atoms with Crippen LogP contribution in [0.15, 0.2) is 28.1 Å². The van der Waals surface area contributed by atoms with Gasteiger partial charge in [0, 0.05) is 7.05 Å². The molecule has 5 rings (SSSR count). The molecule has 2 N–H and O–H groups in total. The summed E-state index contributed by atoms with van der Waals surface area (Å²) in [5, 5.41) is 11.7. The number of fused-ring (bicyclic) bond motifs is 1. The van der Waals surface area contributed by atoms with Gasteiger partial charge in [-0.05, 0) is 43.7 Å². The highest BCUT2D eigenvalue weighted by molar-refractivity contribution is 7.13. The quantitative estimate of drug-likeness (QED) is 0.597. The highest BCUT2D eigenvalue weighted by Gasteiger charge is 2.39. The van der Waals surface area contributed by atoms with E-state index in [-0.39, 0.29) is 0 Å². The first-order chi connectivity index (χ1) is 12.5. The van der Waals surface area contributed by atoms with Crippen molar-refractivity contribution in [3.63, 3.8) is 0 Å². The van der Waals surface area contributed by atoms with E-state index in [0.717, 1.165) is 52.1 Å². The van der Waals surface area contributed by atoms with Crippen LogP contribution in [0.2, 0.25) is 0 Å². The van der Waals surface area contributed by atoms with Crippen molar-refractivity contribution < 1.29 is 4.52 Å². The van der Waals surface area contributed by atoms with Gasteiger partial charge in [0.05, 0.1) is 32.8 Å². The zero-order chi connectivity index (χ0) is 17.9. The number of aryl methyl sites for hydroxylation is 2. The van der Waals surface area contributed by atoms with Gasteiger partial charge in [0.15, 0.2) is 11.5 Å². The van der Waals surface area contributed by atoms with Crippen LogP contribution in [-0.2, 0) is 12.6 Å². The number of pyridine rings is 1. The molecule has 4 aromatic rings. The third-order valence-electron chi connectivity index (χ3n) is 5.09. The van der Waals surface area contributed by atoms with Gasteiger partial charge in [0.1, 0.15) is 0 Å². The predicted molar refractivity (Wildman–Crippen MR) is 99.6 cm³/mol. The average molecular weight is 366 g/mol. The first kappa shape index (κ1) is 15.7. The van der Waals surface area contributed by atoms with Crippen molar-refractivity contribution in [3.05, 3.63) is 35.1 Å². The summed E-state index contributed by atoms with van der Waals surface area (Å²) in [6.45, 7) is 1.96. The number of aromatic nitrogens is 5. The Morgan fingerprint density at radius 1 is 1.31 bits per heavy atom. The van der Waals surface area contributed by atoms with Gasteiger partial charge >= 0.3 is 0 Å². The fourth-order valence-electron chi connectivity index (χ4n) is 3.48. The standard InChI is InChI=1S/C18H18N6OS/c1-10-14-11(16-21-17(23-25-16)18(19)6-4-7-18)9-12(13-5-3-8-26-13)20-15(14)24(2)22-10/h3,5,8-9H,4,6-7,19H2,1-2H3. The Morgan fingerprint density at radius 3 is 2.85 bits per heavy atom. The maximum Gasteiger partial charge on any atom is 0.258 e.